The van der Waals surface area contributed by atoms with E-state index in [0.717, 1.165) is 25.7 Å². The SMILES string of the molecule is CNC(C#N)CN1CCC(N(C)C)CC1. The largest absolute Gasteiger partial charge is 0.306 e. The molecule has 1 heterocycles. The van der Waals surface area contributed by atoms with E-state index in [1.807, 2.05) is 7.05 Å². The Morgan fingerprint density at radius 1 is 1.47 bits per heavy atom. The van der Waals surface area contributed by atoms with Gasteiger partial charge < -0.3 is 15.1 Å². The average molecular weight is 210 g/mol. The van der Waals surface area contributed by atoms with Gasteiger partial charge in [0.1, 0.15) is 6.04 Å². The maximum Gasteiger partial charge on any atom is 0.108 e. The summed E-state index contributed by atoms with van der Waals surface area (Å²) >= 11 is 0. The molecule has 0 amide bonds. The molecule has 1 aliphatic rings. The van der Waals surface area contributed by atoms with Crippen LogP contribution in [0.4, 0.5) is 0 Å². The van der Waals surface area contributed by atoms with Crippen molar-refractivity contribution >= 4 is 0 Å². The summed E-state index contributed by atoms with van der Waals surface area (Å²) in [5, 5.41) is 11.9. The van der Waals surface area contributed by atoms with Crippen LogP contribution in [0.1, 0.15) is 12.8 Å². The van der Waals surface area contributed by atoms with Gasteiger partial charge in [0.25, 0.3) is 0 Å². The summed E-state index contributed by atoms with van der Waals surface area (Å²) in [7, 11) is 6.14. The van der Waals surface area contributed by atoms with Crippen LogP contribution in [-0.4, -0.2) is 62.7 Å². The van der Waals surface area contributed by atoms with Gasteiger partial charge in [0.2, 0.25) is 0 Å². The number of nitrogens with zero attached hydrogens (tertiary/aromatic N) is 3. The molecule has 0 radical (unpaired) electrons. The van der Waals surface area contributed by atoms with Gasteiger partial charge in [-0.1, -0.05) is 0 Å². The quantitative estimate of drug-likeness (QED) is 0.716. The molecular weight excluding hydrogens is 188 g/mol. The minimum atomic E-state index is -0.0269. The predicted octanol–water partition coefficient (Wildman–Crippen LogP) is 0.124. The van der Waals surface area contributed by atoms with Crippen LogP contribution in [0.25, 0.3) is 0 Å². The van der Waals surface area contributed by atoms with Gasteiger partial charge in [0.05, 0.1) is 6.07 Å². The maximum atomic E-state index is 8.85. The molecule has 0 aromatic rings. The van der Waals surface area contributed by atoms with Crippen molar-refractivity contribution in [2.24, 2.45) is 0 Å². The first-order valence-electron chi connectivity index (χ1n) is 5.63. The molecule has 1 aliphatic heterocycles. The molecule has 0 aromatic carbocycles. The third kappa shape index (κ3) is 3.78. The van der Waals surface area contributed by atoms with Crippen LogP contribution in [0.5, 0.6) is 0 Å². The van der Waals surface area contributed by atoms with E-state index in [1.165, 1.54) is 12.8 Å². The average Bonchev–Trinajstić information content (AvgIpc) is 2.26. The van der Waals surface area contributed by atoms with Gasteiger partial charge in [-0.3, -0.25) is 0 Å². The predicted molar refractivity (Wildman–Crippen MR) is 61.6 cm³/mol. The number of piperidine rings is 1. The fourth-order valence-corrected chi connectivity index (χ4v) is 2.07. The van der Waals surface area contributed by atoms with Gasteiger partial charge in [-0.25, -0.2) is 0 Å². The van der Waals surface area contributed by atoms with Crippen molar-refractivity contribution < 1.29 is 0 Å². The molecule has 1 N–H and O–H groups in total. The number of rotatable bonds is 4. The number of hydrogen-bond acceptors (Lipinski definition) is 4. The lowest BCUT2D eigenvalue weighted by atomic mass is 10.0. The molecule has 15 heavy (non-hydrogen) atoms. The Morgan fingerprint density at radius 3 is 2.47 bits per heavy atom. The van der Waals surface area contributed by atoms with Gasteiger partial charge >= 0.3 is 0 Å². The second-order valence-electron chi connectivity index (χ2n) is 4.47. The number of likely N-dealkylation sites (N-methyl/N-ethyl adjacent to an activating group) is 1. The van der Waals surface area contributed by atoms with E-state index in [2.05, 4.69) is 35.3 Å². The summed E-state index contributed by atoms with van der Waals surface area (Å²) in [5.41, 5.74) is 0. The minimum absolute atomic E-state index is 0.0269. The van der Waals surface area contributed by atoms with E-state index in [9.17, 15) is 0 Å². The van der Waals surface area contributed by atoms with E-state index in [1.54, 1.807) is 0 Å². The molecule has 1 atom stereocenters. The molecule has 0 aromatic heterocycles. The first-order valence-corrected chi connectivity index (χ1v) is 5.63. The normalized spacial score (nSPS) is 21.5. The zero-order valence-corrected chi connectivity index (χ0v) is 10.0. The van der Waals surface area contributed by atoms with Crippen LogP contribution in [0.3, 0.4) is 0 Å². The van der Waals surface area contributed by atoms with Crippen LogP contribution in [-0.2, 0) is 0 Å². The Balaban J connectivity index is 2.29. The Bertz CT molecular complexity index is 213. The van der Waals surface area contributed by atoms with E-state index < -0.39 is 0 Å². The number of nitrogens with one attached hydrogen (secondary N) is 1. The lowest BCUT2D eigenvalue weighted by Crippen LogP contribution is -2.46. The molecular formula is C11H22N4. The summed E-state index contributed by atoms with van der Waals surface area (Å²) in [6, 6.07) is 2.96. The van der Waals surface area contributed by atoms with Crippen molar-refractivity contribution in [1.29, 1.82) is 5.26 Å². The number of hydrogen-bond donors (Lipinski definition) is 1. The first-order chi connectivity index (χ1) is 7.17. The van der Waals surface area contributed by atoms with Crippen molar-refractivity contribution in [2.45, 2.75) is 24.9 Å². The smallest absolute Gasteiger partial charge is 0.108 e. The molecule has 0 spiro atoms. The molecule has 0 aliphatic carbocycles. The summed E-state index contributed by atoms with van der Waals surface area (Å²) < 4.78 is 0. The van der Waals surface area contributed by atoms with E-state index in [4.69, 9.17) is 5.26 Å². The van der Waals surface area contributed by atoms with E-state index >= 15 is 0 Å². The Morgan fingerprint density at radius 2 is 2.07 bits per heavy atom. The second-order valence-corrected chi connectivity index (χ2v) is 4.47. The van der Waals surface area contributed by atoms with Crippen molar-refractivity contribution in [3.05, 3.63) is 0 Å². The highest BCUT2D eigenvalue weighted by molar-refractivity contribution is 4.92. The second kappa shape index (κ2) is 6.06. The molecule has 0 bridgehead atoms. The van der Waals surface area contributed by atoms with Gasteiger partial charge in [0.15, 0.2) is 0 Å². The Kier molecular flexibility index (Phi) is 5.03. The molecule has 1 saturated heterocycles. The first kappa shape index (κ1) is 12.4. The van der Waals surface area contributed by atoms with Gasteiger partial charge in [0, 0.05) is 12.6 Å². The third-order valence-electron chi connectivity index (χ3n) is 3.23. The fraction of sp³-hybridized carbons (Fsp3) is 0.909. The fourth-order valence-electron chi connectivity index (χ4n) is 2.07. The molecule has 1 unspecified atom stereocenters. The minimum Gasteiger partial charge on any atom is -0.306 e. The molecule has 4 nitrogen and oxygen atoms in total. The topological polar surface area (TPSA) is 42.3 Å². The highest BCUT2D eigenvalue weighted by Crippen LogP contribution is 2.13. The summed E-state index contributed by atoms with van der Waals surface area (Å²) in [5.74, 6) is 0. The van der Waals surface area contributed by atoms with Crippen molar-refractivity contribution in [2.75, 3.05) is 40.8 Å². The van der Waals surface area contributed by atoms with E-state index in [0.29, 0.717) is 0 Å². The Labute approximate surface area is 92.8 Å². The van der Waals surface area contributed by atoms with E-state index in [-0.39, 0.29) is 6.04 Å². The van der Waals surface area contributed by atoms with Crippen molar-refractivity contribution in [3.63, 3.8) is 0 Å². The van der Waals surface area contributed by atoms with Crippen LogP contribution in [0.15, 0.2) is 0 Å². The van der Waals surface area contributed by atoms with Crippen LogP contribution < -0.4 is 5.32 Å². The summed E-state index contributed by atoms with van der Waals surface area (Å²) in [6.45, 7) is 3.08. The third-order valence-corrected chi connectivity index (χ3v) is 3.23. The molecule has 1 fully saturated rings. The number of nitriles is 1. The molecule has 0 saturated carbocycles. The zero-order chi connectivity index (χ0) is 11.3. The summed E-state index contributed by atoms with van der Waals surface area (Å²) in [6.07, 6.45) is 2.43. The van der Waals surface area contributed by atoms with Crippen LogP contribution >= 0.6 is 0 Å². The highest BCUT2D eigenvalue weighted by atomic mass is 15.2. The monoisotopic (exact) mass is 210 g/mol. The molecule has 4 heteroatoms. The van der Waals surface area contributed by atoms with Crippen molar-refractivity contribution in [1.82, 2.24) is 15.1 Å². The summed E-state index contributed by atoms with van der Waals surface area (Å²) in [4.78, 5) is 4.68. The lowest BCUT2D eigenvalue weighted by Gasteiger charge is -2.35. The zero-order valence-electron chi connectivity index (χ0n) is 10.0. The standard InChI is InChI=1S/C11H22N4/c1-13-10(8-12)9-15-6-4-11(5-7-15)14(2)3/h10-11,13H,4-7,9H2,1-3H3. The lowest BCUT2D eigenvalue weighted by molar-refractivity contribution is 0.141. The number of likely N-dealkylation sites (tertiary alicyclic amines) is 1. The maximum absolute atomic E-state index is 8.85. The molecule has 1 rings (SSSR count). The highest BCUT2D eigenvalue weighted by Gasteiger charge is 2.21. The van der Waals surface area contributed by atoms with Gasteiger partial charge in [-0.2, -0.15) is 5.26 Å². The van der Waals surface area contributed by atoms with Crippen LogP contribution in [0, 0.1) is 11.3 Å². The van der Waals surface area contributed by atoms with Crippen LogP contribution in [0.2, 0.25) is 0 Å². The van der Waals surface area contributed by atoms with Gasteiger partial charge in [-0.05, 0) is 47.1 Å². The van der Waals surface area contributed by atoms with Gasteiger partial charge in [-0.15, -0.1) is 0 Å². The Hall–Kier alpha value is -0.630. The molecule has 86 valence electrons. The van der Waals surface area contributed by atoms with Crippen molar-refractivity contribution in [3.8, 4) is 6.07 Å².